The fourth-order valence-electron chi connectivity index (χ4n) is 2.89. The van der Waals surface area contributed by atoms with Gasteiger partial charge in [-0.25, -0.2) is 0 Å². The smallest absolute Gasteiger partial charge is 0.0958 e. The van der Waals surface area contributed by atoms with Crippen molar-refractivity contribution in [3.8, 4) is 0 Å². The SMILES string of the molecule is Cc1ccc(S(=O)C[C@@H]2O[C@H](COCc3ccccc3)C[C@@H]2O)cc1. The highest BCUT2D eigenvalue weighted by molar-refractivity contribution is 7.85. The lowest BCUT2D eigenvalue weighted by atomic mass is 10.1. The largest absolute Gasteiger partial charge is 0.390 e. The quantitative estimate of drug-likeness (QED) is 0.825. The molecule has 0 bridgehead atoms. The zero-order valence-electron chi connectivity index (χ0n) is 14.3. The third-order valence-electron chi connectivity index (χ3n) is 4.32. The summed E-state index contributed by atoms with van der Waals surface area (Å²) < 4.78 is 24.0. The Morgan fingerprint density at radius 1 is 1.16 bits per heavy atom. The van der Waals surface area contributed by atoms with E-state index in [0.717, 1.165) is 16.0 Å². The van der Waals surface area contributed by atoms with Crippen LogP contribution in [0, 0.1) is 6.92 Å². The standard InChI is InChI=1S/C20H24O4S/c1-15-7-9-18(10-8-15)25(22)14-20-19(21)11-17(24-20)13-23-12-16-5-3-2-4-6-16/h2-10,17,19-21H,11-14H2,1H3/t17-,19-,20-,25?/m0/s1. The molecule has 1 heterocycles. The van der Waals surface area contributed by atoms with Gasteiger partial charge < -0.3 is 14.6 Å². The number of ether oxygens (including phenoxy) is 2. The van der Waals surface area contributed by atoms with Gasteiger partial charge in [-0.15, -0.1) is 0 Å². The van der Waals surface area contributed by atoms with E-state index in [1.54, 1.807) is 0 Å². The molecule has 0 amide bonds. The van der Waals surface area contributed by atoms with E-state index >= 15 is 0 Å². The zero-order valence-corrected chi connectivity index (χ0v) is 15.2. The summed E-state index contributed by atoms with van der Waals surface area (Å²) in [6.45, 7) is 2.95. The molecule has 0 aliphatic carbocycles. The van der Waals surface area contributed by atoms with Crippen LogP contribution in [-0.2, 0) is 26.9 Å². The van der Waals surface area contributed by atoms with Gasteiger partial charge in [-0.1, -0.05) is 48.0 Å². The van der Waals surface area contributed by atoms with E-state index in [0.29, 0.717) is 25.4 Å². The van der Waals surface area contributed by atoms with Crippen molar-refractivity contribution in [3.63, 3.8) is 0 Å². The molecule has 1 fully saturated rings. The van der Waals surface area contributed by atoms with Crippen LogP contribution < -0.4 is 0 Å². The number of benzene rings is 2. The number of aryl methyl sites for hydroxylation is 1. The van der Waals surface area contributed by atoms with Crippen LogP contribution in [0.2, 0.25) is 0 Å². The normalized spacial score (nSPS) is 24.3. The van der Waals surface area contributed by atoms with E-state index < -0.39 is 23.0 Å². The second-order valence-electron chi connectivity index (χ2n) is 6.43. The lowest BCUT2D eigenvalue weighted by molar-refractivity contribution is -0.0223. The Morgan fingerprint density at radius 2 is 1.88 bits per heavy atom. The van der Waals surface area contributed by atoms with Crippen LogP contribution >= 0.6 is 0 Å². The molecule has 1 aliphatic rings. The van der Waals surface area contributed by atoms with Crippen molar-refractivity contribution in [2.24, 2.45) is 0 Å². The van der Waals surface area contributed by atoms with Gasteiger partial charge in [0.05, 0.1) is 48.1 Å². The van der Waals surface area contributed by atoms with Crippen molar-refractivity contribution < 1.29 is 18.8 Å². The van der Waals surface area contributed by atoms with E-state index in [4.69, 9.17) is 9.47 Å². The molecule has 4 nitrogen and oxygen atoms in total. The third kappa shape index (κ3) is 5.22. The molecule has 0 saturated carbocycles. The van der Waals surface area contributed by atoms with E-state index in [9.17, 15) is 9.32 Å². The minimum atomic E-state index is -1.18. The number of aliphatic hydroxyl groups is 1. The molecule has 4 atom stereocenters. The first-order valence-corrected chi connectivity index (χ1v) is 9.84. The summed E-state index contributed by atoms with van der Waals surface area (Å²) in [4.78, 5) is 0.769. The maximum Gasteiger partial charge on any atom is 0.0958 e. The molecule has 0 spiro atoms. The Bertz CT molecular complexity index is 687. The molecular formula is C20H24O4S. The molecule has 0 aromatic heterocycles. The first kappa shape index (κ1) is 18.3. The first-order valence-electron chi connectivity index (χ1n) is 8.52. The molecule has 25 heavy (non-hydrogen) atoms. The predicted molar refractivity (Wildman–Crippen MR) is 97.8 cm³/mol. The molecule has 2 aromatic carbocycles. The van der Waals surface area contributed by atoms with E-state index in [2.05, 4.69) is 0 Å². The number of aliphatic hydroxyl groups excluding tert-OH is 1. The third-order valence-corrected chi connectivity index (χ3v) is 5.74. The summed E-state index contributed by atoms with van der Waals surface area (Å²) in [6, 6.07) is 17.6. The topological polar surface area (TPSA) is 55.8 Å². The van der Waals surface area contributed by atoms with Gasteiger partial charge in [-0.2, -0.15) is 0 Å². The highest BCUT2D eigenvalue weighted by Crippen LogP contribution is 2.23. The van der Waals surface area contributed by atoms with Crippen LogP contribution in [0.1, 0.15) is 17.5 Å². The Balaban J connectivity index is 1.46. The molecule has 1 saturated heterocycles. The molecule has 3 rings (SSSR count). The van der Waals surface area contributed by atoms with Crippen LogP contribution in [0.15, 0.2) is 59.5 Å². The second-order valence-corrected chi connectivity index (χ2v) is 7.92. The average molecular weight is 360 g/mol. The van der Waals surface area contributed by atoms with Gasteiger partial charge in [0.1, 0.15) is 0 Å². The summed E-state index contributed by atoms with van der Waals surface area (Å²) >= 11 is 0. The van der Waals surface area contributed by atoms with E-state index in [1.165, 1.54) is 0 Å². The van der Waals surface area contributed by atoms with Crippen molar-refractivity contribution in [1.29, 1.82) is 0 Å². The Morgan fingerprint density at radius 3 is 2.60 bits per heavy atom. The monoisotopic (exact) mass is 360 g/mol. The lowest BCUT2D eigenvalue weighted by Gasteiger charge is -2.15. The van der Waals surface area contributed by atoms with Crippen molar-refractivity contribution in [2.45, 2.75) is 43.2 Å². The summed E-state index contributed by atoms with van der Waals surface area (Å²) in [5.41, 5.74) is 2.24. The summed E-state index contributed by atoms with van der Waals surface area (Å²) in [7, 11) is -1.18. The highest BCUT2D eigenvalue weighted by atomic mass is 32.2. The van der Waals surface area contributed by atoms with Gasteiger partial charge in [0, 0.05) is 11.3 Å². The Labute approximate surface area is 151 Å². The minimum Gasteiger partial charge on any atom is -0.390 e. The molecule has 1 N–H and O–H groups in total. The number of rotatable bonds is 7. The second kappa shape index (κ2) is 8.72. The van der Waals surface area contributed by atoms with Gasteiger partial charge in [0.15, 0.2) is 0 Å². The van der Waals surface area contributed by atoms with Gasteiger partial charge in [-0.3, -0.25) is 4.21 Å². The summed E-state index contributed by atoms with van der Waals surface area (Å²) in [6.07, 6.45) is -0.643. The van der Waals surface area contributed by atoms with Gasteiger partial charge in [-0.05, 0) is 24.6 Å². The van der Waals surface area contributed by atoms with Gasteiger partial charge >= 0.3 is 0 Å². The van der Waals surface area contributed by atoms with E-state index in [1.807, 2.05) is 61.5 Å². The van der Waals surface area contributed by atoms with Gasteiger partial charge in [0.25, 0.3) is 0 Å². The average Bonchev–Trinajstić information content (AvgIpc) is 2.96. The predicted octanol–water partition coefficient (Wildman–Crippen LogP) is 2.84. The van der Waals surface area contributed by atoms with E-state index in [-0.39, 0.29) is 6.10 Å². The van der Waals surface area contributed by atoms with Crippen molar-refractivity contribution >= 4 is 10.8 Å². The number of hydrogen-bond acceptors (Lipinski definition) is 4. The summed E-state index contributed by atoms with van der Waals surface area (Å²) in [5, 5.41) is 10.2. The maximum atomic E-state index is 12.5. The Hall–Kier alpha value is -1.53. The molecular weight excluding hydrogens is 336 g/mol. The van der Waals surface area contributed by atoms with Crippen LogP contribution in [-0.4, -0.2) is 40.0 Å². The van der Waals surface area contributed by atoms with Crippen molar-refractivity contribution in [2.75, 3.05) is 12.4 Å². The van der Waals surface area contributed by atoms with Crippen LogP contribution in [0.5, 0.6) is 0 Å². The molecule has 0 radical (unpaired) electrons. The fourth-order valence-corrected chi connectivity index (χ4v) is 4.12. The Kier molecular flexibility index (Phi) is 6.37. The van der Waals surface area contributed by atoms with Gasteiger partial charge in [0.2, 0.25) is 0 Å². The van der Waals surface area contributed by atoms with Crippen LogP contribution in [0.4, 0.5) is 0 Å². The molecule has 1 unspecified atom stereocenters. The molecule has 5 heteroatoms. The molecule has 2 aromatic rings. The molecule has 134 valence electrons. The highest BCUT2D eigenvalue weighted by Gasteiger charge is 2.35. The minimum absolute atomic E-state index is 0.154. The van der Waals surface area contributed by atoms with Crippen LogP contribution in [0.3, 0.4) is 0 Å². The first-order chi connectivity index (χ1) is 12.1. The van der Waals surface area contributed by atoms with Crippen LogP contribution in [0.25, 0.3) is 0 Å². The number of hydrogen-bond donors (Lipinski definition) is 1. The summed E-state index contributed by atoms with van der Waals surface area (Å²) in [5.74, 6) is 0.305. The fraction of sp³-hybridized carbons (Fsp3) is 0.400. The van der Waals surface area contributed by atoms with Crippen molar-refractivity contribution in [3.05, 3.63) is 65.7 Å². The molecule has 1 aliphatic heterocycles. The lowest BCUT2D eigenvalue weighted by Crippen LogP contribution is -2.27. The maximum absolute atomic E-state index is 12.5. The zero-order chi connectivity index (χ0) is 17.6. The van der Waals surface area contributed by atoms with Crippen molar-refractivity contribution in [1.82, 2.24) is 0 Å².